The van der Waals surface area contributed by atoms with Crippen molar-refractivity contribution >= 4 is 5.84 Å². The molecule has 2 aliphatic rings. The van der Waals surface area contributed by atoms with Crippen LogP contribution in [0.5, 0.6) is 17.2 Å². The first-order chi connectivity index (χ1) is 20.8. The Kier molecular flexibility index (Phi) is 7.77. The van der Waals surface area contributed by atoms with Crippen LogP contribution in [0.3, 0.4) is 0 Å². The van der Waals surface area contributed by atoms with Crippen molar-refractivity contribution in [2.75, 3.05) is 0 Å². The molecule has 0 saturated heterocycles. The topological polar surface area (TPSA) is 107 Å². The lowest BCUT2D eigenvalue weighted by molar-refractivity contribution is -0.102. The second-order valence-electron chi connectivity index (χ2n) is 11.5. The van der Waals surface area contributed by atoms with E-state index in [-0.39, 0.29) is 16.9 Å². The summed E-state index contributed by atoms with van der Waals surface area (Å²) >= 11 is 0. The molecule has 9 nitrogen and oxygen atoms in total. The number of aromatic nitrogens is 2. The van der Waals surface area contributed by atoms with E-state index >= 15 is 0 Å². The van der Waals surface area contributed by atoms with E-state index in [1.54, 1.807) is 4.57 Å². The van der Waals surface area contributed by atoms with E-state index < -0.39 is 6.41 Å². The Morgan fingerprint density at radius 2 is 1.81 bits per heavy atom. The Balaban J connectivity index is 1.33. The zero-order valence-electron chi connectivity index (χ0n) is 24.9. The zero-order chi connectivity index (χ0) is 30.1. The summed E-state index contributed by atoms with van der Waals surface area (Å²) in [5.74, 6) is 2.67. The van der Waals surface area contributed by atoms with Crippen LogP contribution in [0.2, 0.25) is 0 Å². The largest absolute Gasteiger partial charge is 0.483 e. The summed E-state index contributed by atoms with van der Waals surface area (Å²) in [6.07, 6.45) is 1.65. The number of para-hydroxylation sites is 1. The highest BCUT2D eigenvalue weighted by Crippen LogP contribution is 2.43. The van der Waals surface area contributed by atoms with Gasteiger partial charge in [-0.15, -0.1) is 0 Å². The number of aliphatic hydroxyl groups is 1. The summed E-state index contributed by atoms with van der Waals surface area (Å²) in [5.41, 5.74) is 7.54. The average molecular weight is 581 g/mol. The van der Waals surface area contributed by atoms with Gasteiger partial charge in [-0.1, -0.05) is 74.5 Å². The fourth-order valence-electron chi connectivity index (χ4n) is 5.64. The molecule has 1 atom stereocenters. The molecule has 222 valence electrons. The first-order valence-electron chi connectivity index (χ1n) is 14.7. The average Bonchev–Trinajstić information content (AvgIpc) is 3.58. The molecule has 1 aromatic heterocycles. The molecule has 0 aliphatic carbocycles. The second kappa shape index (κ2) is 11.7. The first kappa shape index (κ1) is 28.6. The highest BCUT2D eigenvalue weighted by molar-refractivity contribution is 6.04. The number of amidine groups is 1. The van der Waals surface area contributed by atoms with Crippen molar-refractivity contribution in [1.29, 1.82) is 0 Å². The number of nitrogens with zero attached hydrogens (tertiary/aromatic N) is 3. The van der Waals surface area contributed by atoms with E-state index in [0.717, 1.165) is 46.5 Å². The maximum atomic E-state index is 14.1. The number of rotatable bonds is 9. The maximum absolute atomic E-state index is 14.1. The number of aliphatic hydroxyl groups excluding tert-OH is 1. The van der Waals surface area contributed by atoms with Crippen molar-refractivity contribution in [2.45, 2.75) is 71.9 Å². The monoisotopic (exact) mass is 580 g/mol. The van der Waals surface area contributed by atoms with Gasteiger partial charge in [0.05, 0.1) is 12.2 Å². The molecule has 0 saturated carbocycles. The molecular weight excluding hydrogens is 544 g/mol. The minimum absolute atomic E-state index is 0.205. The van der Waals surface area contributed by atoms with Crippen LogP contribution in [0.25, 0.3) is 11.1 Å². The molecule has 2 N–H and O–H groups in total. The lowest BCUT2D eigenvalue weighted by Crippen LogP contribution is -2.28. The Labute approximate surface area is 250 Å². The van der Waals surface area contributed by atoms with Crippen molar-refractivity contribution in [3.05, 3.63) is 105 Å². The third-order valence-corrected chi connectivity index (χ3v) is 7.64. The number of benzene rings is 3. The molecular formula is C34H36N4O5. The number of ether oxygens (including phenoxy) is 2. The summed E-state index contributed by atoms with van der Waals surface area (Å²) in [4.78, 5) is 28.1. The molecule has 1 unspecified atom stereocenters. The van der Waals surface area contributed by atoms with Crippen LogP contribution >= 0.6 is 0 Å². The van der Waals surface area contributed by atoms with Crippen molar-refractivity contribution in [2.24, 2.45) is 4.99 Å². The summed E-state index contributed by atoms with van der Waals surface area (Å²) in [6.45, 7) is 8.52. The van der Waals surface area contributed by atoms with Crippen LogP contribution in [0.15, 0.2) is 76.5 Å². The highest BCUT2D eigenvalue weighted by atomic mass is 16.7. The number of hydrogen-bond acceptors (Lipinski definition) is 8. The standard InChI is InChI=1S/C34H36N4O5/c1-5-10-28-35-26(6-2)30(41-27-14-9-11-23-19-34(3,4)42-29(23)27)32(39)38(28)20-21-15-17-22(18-16-21)24-12-7-8-13-25(24)31-36-33(40)43-37-31/h7-9,11-18,33,40H,5-6,10,19-20H2,1-4H3,(H,36,37). The molecule has 0 fully saturated rings. The summed E-state index contributed by atoms with van der Waals surface area (Å²) in [6, 6.07) is 21.7. The quantitative estimate of drug-likeness (QED) is 0.268. The third-order valence-electron chi connectivity index (χ3n) is 7.64. The first-order valence-corrected chi connectivity index (χ1v) is 14.7. The molecule has 3 aromatic carbocycles. The van der Waals surface area contributed by atoms with Crippen molar-refractivity contribution in [1.82, 2.24) is 15.0 Å². The number of fused-ring (bicyclic) bond motifs is 1. The van der Waals surface area contributed by atoms with E-state index in [1.807, 2.05) is 87.5 Å². The molecule has 4 aromatic rings. The van der Waals surface area contributed by atoms with E-state index in [1.165, 1.54) is 0 Å². The lowest BCUT2D eigenvalue weighted by atomic mass is 9.98. The predicted molar refractivity (Wildman–Crippen MR) is 165 cm³/mol. The van der Waals surface area contributed by atoms with Crippen LogP contribution < -0.4 is 20.5 Å². The number of hydrogen-bond donors (Lipinski definition) is 2. The van der Waals surface area contributed by atoms with E-state index in [0.29, 0.717) is 42.4 Å². The zero-order valence-corrected chi connectivity index (χ0v) is 24.9. The van der Waals surface area contributed by atoms with Gasteiger partial charge in [-0.05, 0) is 49.4 Å². The van der Waals surface area contributed by atoms with Crippen LogP contribution in [0, 0.1) is 0 Å². The molecule has 2 aliphatic heterocycles. The Bertz CT molecular complexity index is 1740. The Morgan fingerprint density at radius 1 is 1.05 bits per heavy atom. The highest BCUT2D eigenvalue weighted by Gasteiger charge is 2.33. The van der Waals surface area contributed by atoms with Gasteiger partial charge in [0.15, 0.2) is 17.3 Å². The minimum atomic E-state index is -1.23. The molecule has 0 spiro atoms. The third kappa shape index (κ3) is 5.78. The molecule has 9 heteroatoms. The molecule has 0 radical (unpaired) electrons. The lowest BCUT2D eigenvalue weighted by Gasteiger charge is -2.20. The van der Waals surface area contributed by atoms with Gasteiger partial charge in [0, 0.05) is 24.0 Å². The van der Waals surface area contributed by atoms with Gasteiger partial charge >= 0.3 is 0 Å². The van der Waals surface area contributed by atoms with Gasteiger partial charge in [0.1, 0.15) is 11.4 Å². The van der Waals surface area contributed by atoms with Crippen LogP contribution in [-0.2, 0) is 30.6 Å². The Morgan fingerprint density at radius 3 is 2.51 bits per heavy atom. The van der Waals surface area contributed by atoms with Gasteiger partial charge < -0.3 is 14.6 Å². The number of aryl methyl sites for hydroxylation is 2. The molecule has 6 rings (SSSR count). The summed E-state index contributed by atoms with van der Waals surface area (Å²) in [5, 5.41) is 9.66. The summed E-state index contributed by atoms with van der Waals surface area (Å²) < 4.78 is 14.3. The number of nitrogens with one attached hydrogen (secondary N) is 1. The van der Waals surface area contributed by atoms with Crippen molar-refractivity contribution < 1.29 is 19.4 Å². The van der Waals surface area contributed by atoms with Crippen LogP contribution in [0.4, 0.5) is 0 Å². The van der Waals surface area contributed by atoms with Gasteiger partial charge in [0.25, 0.3) is 12.0 Å². The van der Waals surface area contributed by atoms with Crippen LogP contribution in [0.1, 0.15) is 62.3 Å². The van der Waals surface area contributed by atoms with E-state index in [4.69, 9.17) is 19.3 Å². The predicted octanol–water partition coefficient (Wildman–Crippen LogP) is 5.54. The van der Waals surface area contributed by atoms with Crippen LogP contribution in [-0.4, -0.2) is 32.5 Å². The second-order valence-corrected chi connectivity index (χ2v) is 11.5. The molecule has 43 heavy (non-hydrogen) atoms. The smallest absolute Gasteiger partial charge is 0.297 e. The van der Waals surface area contributed by atoms with Crippen molar-refractivity contribution in [3.8, 4) is 28.4 Å². The molecule has 0 amide bonds. The number of aliphatic imine (C=N–C) groups is 1. The Hall–Kier alpha value is -4.47. The van der Waals surface area contributed by atoms with E-state index in [9.17, 15) is 9.90 Å². The summed E-state index contributed by atoms with van der Waals surface area (Å²) in [7, 11) is 0. The molecule has 0 bridgehead atoms. The number of hydroxylamine groups is 1. The van der Waals surface area contributed by atoms with Crippen molar-refractivity contribution in [3.63, 3.8) is 0 Å². The maximum Gasteiger partial charge on any atom is 0.297 e. The van der Waals surface area contributed by atoms with Gasteiger partial charge in [0.2, 0.25) is 5.75 Å². The normalized spacial score (nSPS) is 16.8. The fourth-order valence-corrected chi connectivity index (χ4v) is 5.64. The van der Waals surface area contributed by atoms with Gasteiger partial charge in [-0.25, -0.2) is 20.3 Å². The molecule has 3 heterocycles. The van der Waals surface area contributed by atoms with E-state index in [2.05, 4.69) is 17.4 Å². The SMILES string of the molecule is CCCc1nc(CC)c(Oc2cccc3c2OC(C)(C)C3)c(=O)n1Cc1ccc(-c2ccccc2C2=NC(O)ON2)cc1. The van der Waals surface area contributed by atoms with Gasteiger partial charge in [-0.3, -0.25) is 9.36 Å². The fraction of sp³-hybridized carbons (Fsp3) is 0.324. The minimum Gasteiger partial charge on any atom is -0.483 e. The van der Waals surface area contributed by atoms with Gasteiger partial charge in [-0.2, -0.15) is 0 Å².